The van der Waals surface area contributed by atoms with Gasteiger partial charge in [0.15, 0.2) is 5.75 Å². The van der Waals surface area contributed by atoms with Crippen LogP contribution in [0.1, 0.15) is 28.1 Å². The van der Waals surface area contributed by atoms with Gasteiger partial charge in [-0.1, -0.05) is 23.7 Å². The number of nitrogens with one attached hydrogen (secondary N) is 1. The summed E-state index contributed by atoms with van der Waals surface area (Å²) in [6.45, 7) is 3.05. The van der Waals surface area contributed by atoms with E-state index in [0.29, 0.717) is 40.7 Å². The van der Waals surface area contributed by atoms with Gasteiger partial charge in [0, 0.05) is 25.2 Å². The molecule has 3 rings (SSSR count). The lowest BCUT2D eigenvalue weighted by atomic mass is 10.1. The molecule has 1 N–H and O–H groups in total. The predicted octanol–water partition coefficient (Wildman–Crippen LogP) is 4.21. The Hall–Kier alpha value is -3.32. The Morgan fingerprint density at radius 2 is 1.79 bits per heavy atom. The van der Waals surface area contributed by atoms with Crippen molar-refractivity contribution < 1.29 is 4.74 Å². The third kappa shape index (κ3) is 4.50. The SMILES string of the molecule is Cc1nn(C)c(CNCc2ccc(C#N)cc2)c1Oc1cc(Cl)cc(C#N)c1. The molecule has 140 valence electrons. The lowest BCUT2D eigenvalue weighted by Crippen LogP contribution is -2.15. The molecule has 0 aliphatic carbocycles. The molecule has 0 atom stereocenters. The number of halogens is 1. The molecule has 1 aromatic heterocycles. The van der Waals surface area contributed by atoms with Crippen LogP contribution in [0.3, 0.4) is 0 Å². The van der Waals surface area contributed by atoms with Crippen LogP contribution in [-0.2, 0) is 20.1 Å². The highest BCUT2D eigenvalue weighted by Gasteiger charge is 2.16. The molecule has 0 spiro atoms. The monoisotopic (exact) mass is 391 g/mol. The Bertz CT molecular complexity index is 1070. The molecule has 0 fully saturated rings. The molecule has 7 heteroatoms. The molecule has 0 saturated carbocycles. The number of aryl methyl sites for hydroxylation is 2. The van der Waals surface area contributed by atoms with Gasteiger partial charge < -0.3 is 10.1 Å². The number of nitriles is 2. The van der Waals surface area contributed by atoms with E-state index in [9.17, 15) is 0 Å². The van der Waals surface area contributed by atoms with E-state index in [1.54, 1.807) is 35.0 Å². The Labute approximate surface area is 168 Å². The molecule has 1 heterocycles. The normalized spacial score (nSPS) is 10.3. The summed E-state index contributed by atoms with van der Waals surface area (Å²) < 4.78 is 7.79. The molecular formula is C21H18ClN5O. The maximum absolute atomic E-state index is 9.11. The Balaban J connectivity index is 1.74. The maximum atomic E-state index is 9.11. The van der Waals surface area contributed by atoms with Gasteiger partial charge >= 0.3 is 0 Å². The zero-order valence-corrected chi connectivity index (χ0v) is 16.3. The maximum Gasteiger partial charge on any atom is 0.172 e. The van der Waals surface area contributed by atoms with Gasteiger partial charge in [-0.15, -0.1) is 0 Å². The standard InChI is InChI=1S/C21H18ClN5O/c1-14-21(28-19-8-17(11-24)7-18(22)9-19)20(27(2)26-14)13-25-12-16-5-3-15(10-23)4-6-16/h3-9,25H,12-13H2,1-2H3. The van der Waals surface area contributed by atoms with Gasteiger partial charge in [-0.3, -0.25) is 4.68 Å². The summed E-state index contributed by atoms with van der Waals surface area (Å²) in [4.78, 5) is 0. The zero-order valence-electron chi connectivity index (χ0n) is 15.5. The number of aromatic nitrogens is 2. The van der Waals surface area contributed by atoms with E-state index in [0.717, 1.165) is 17.0 Å². The molecule has 3 aromatic rings. The number of rotatable bonds is 6. The minimum absolute atomic E-state index is 0.435. The molecule has 0 aliphatic heterocycles. The van der Waals surface area contributed by atoms with Gasteiger partial charge in [-0.05, 0) is 42.8 Å². The number of hydrogen-bond acceptors (Lipinski definition) is 5. The number of ether oxygens (including phenoxy) is 1. The third-order valence-electron chi connectivity index (χ3n) is 4.21. The minimum Gasteiger partial charge on any atom is -0.453 e. The van der Waals surface area contributed by atoms with Crippen molar-refractivity contribution in [3.8, 4) is 23.6 Å². The van der Waals surface area contributed by atoms with E-state index in [1.165, 1.54) is 0 Å². The molecule has 2 aromatic carbocycles. The summed E-state index contributed by atoms with van der Waals surface area (Å²) in [5.41, 5.74) is 3.78. The fourth-order valence-corrected chi connectivity index (χ4v) is 3.07. The summed E-state index contributed by atoms with van der Waals surface area (Å²) >= 11 is 6.07. The summed E-state index contributed by atoms with van der Waals surface area (Å²) in [5.74, 6) is 1.13. The smallest absolute Gasteiger partial charge is 0.172 e. The van der Waals surface area contributed by atoms with E-state index >= 15 is 0 Å². The van der Waals surface area contributed by atoms with Crippen LogP contribution in [0, 0.1) is 29.6 Å². The van der Waals surface area contributed by atoms with Crippen LogP contribution in [0.5, 0.6) is 11.5 Å². The molecule has 28 heavy (non-hydrogen) atoms. The molecule has 0 bridgehead atoms. The third-order valence-corrected chi connectivity index (χ3v) is 4.42. The van der Waals surface area contributed by atoms with Gasteiger partial charge in [-0.2, -0.15) is 15.6 Å². The van der Waals surface area contributed by atoms with Crippen LogP contribution in [0.25, 0.3) is 0 Å². The van der Waals surface area contributed by atoms with Gasteiger partial charge in [0.2, 0.25) is 0 Å². The number of nitrogens with zero attached hydrogens (tertiary/aromatic N) is 4. The first kappa shape index (κ1) is 19.4. The molecule has 0 radical (unpaired) electrons. The Morgan fingerprint density at radius 1 is 1.07 bits per heavy atom. The van der Waals surface area contributed by atoms with E-state index < -0.39 is 0 Å². The van der Waals surface area contributed by atoms with Crippen LogP contribution in [0.2, 0.25) is 5.02 Å². The minimum atomic E-state index is 0.435. The highest BCUT2D eigenvalue weighted by molar-refractivity contribution is 6.30. The second kappa shape index (κ2) is 8.58. The van der Waals surface area contributed by atoms with Crippen molar-refractivity contribution in [2.75, 3.05) is 0 Å². The second-order valence-electron chi connectivity index (χ2n) is 6.29. The van der Waals surface area contributed by atoms with E-state index in [4.69, 9.17) is 26.9 Å². The van der Waals surface area contributed by atoms with Gasteiger partial charge in [0.25, 0.3) is 0 Å². The zero-order chi connectivity index (χ0) is 20.1. The highest BCUT2D eigenvalue weighted by atomic mass is 35.5. The first-order chi connectivity index (χ1) is 13.5. The summed E-state index contributed by atoms with van der Waals surface area (Å²) in [6, 6.07) is 16.5. The van der Waals surface area contributed by atoms with Crippen molar-refractivity contribution in [3.05, 3.63) is 75.6 Å². The van der Waals surface area contributed by atoms with Crippen LogP contribution < -0.4 is 10.1 Å². The van der Waals surface area contributed by atoms with Crippen molar-refractivity contribution >= 4 is 11.6 Å². The van der Waals surface area contributed by atoms with Gasteiger partial charge in [-0.25, -0.2) is 0 Å². The first-order valence-corrected chi connectivity index (χ1v) is 8.98. The summed E-state index contributed by atoms with van der Waals surface area (Å²) in [5, 5.41) is 26.2. The number of benzene rings is 2. The molecule has 0 amide bonds. The van der Waals surface area contributed by atoms with Gasteiger partial charge in [0.05, 0.1) is 29.0 Å². The average Bonchev–Trinajstić information content (AvgIpc) is 2.95. The van der Waals surface area contributed by atoms with E-state index in [2.05, 4.69) is 22.6 Å². The van der Waals surface area contributed by atoms with Crippen molar-refractivity contribution in [2.24, 2.45) is 7.05 Å². The van der Waals surface area contributed by atoms with Crippen LogP contribution in [0.15, 0.2) is 42.5 Å². The van der Waals surface area contributed by atoms with Crippen molar-refractivity contribution in [1.29, 1.82) is 10.5 Å². The van der Waals surface area contributed by atoms with Crippen LogP contribution in [0.4, 0.5) is 0 Å². The molecular weight excluding hydrogens is 374 g/mol. The Morgan fingerprint density at radius 3 is 2.46 bits per heavy atom. The fraction of sp³-hybridized carbons (Fsp3) is 0.190. The van der Waals surface area contributed by atoms with E-state index in [1.807, 2.05) is 26.1 Å². The molecule has 0 saturated heterocycles. The van der Waals surface area contributed by atoms with Crippen molar-refractivity contribution in [2.45, 2.75) is 20.0 Å². The summed E-state index contributed by atoms with van der Waals surface area (Å²) in [6.07, 6.45) is 0. The fourth-order valence-electron chi connectivity index (χ4n) is 2.84. The largest absolute Gasteiger partial charge is 0.453 e. The topological polar surface area (TPSA) is 86.7 Å². The van der Waals surface area contributed by atoms with Crippen LogP contribution >= 0.6 is 11.6 Å². The van der Waals surface area contributed by atoms with Crippen LogP contribution in [-0.4, -0.2) is 9.78 Å². The average molecular weight is 392 g/mol. The van der Waals surface area contributed by atoms with Crippen molar-refractivity contribution in [3.63, 3.8) is 0 Å². The van der Waals surface area contributed by atoms with Crippen molar-refractivity contribution in [1.82, 2.24) is 15.1 Å². The number of hydrogen-bond donors (Lipinski definition) is 1. The predicted molar refractivity (Wildman–Crippen MR) is 106 cm³/mol. The lowest BCUT2D eigenvalue weighted by Gasteiger charge is -2.11. The second-order valence-corrected chi connectivity index (χ2v) is 6.72. The molecule has 0 aliphatic rings. The summed E-state index contributed by atoms with van der Waals surface area (Å²) in [7, 11) is 1.86. The van der Waals surface area contributed by atoms with E-state index in [-0.39, 0.29) is 0 Å². The molecule has 0 unspecified atom stereocenters. The Kier molecular flexibility index (Phi) is 5.96. The quantitative estimate of drug-likeness (QED) is 0.680. The lowest BCUT2D eigenvalue weighted by molar-refractivity contribution is 0.466. The first-order valence-electron chi connectivity index (χ1n) is 8.61. The highest BCUT2D eigenvalue weighted by Crippen LogP contribution is 2.31. The molecule has 6 nitrogen and oxygen atoms in total. The van der Waals surface area contributed by atoms with Gasteiger partial charge in [0.1, 0.15) is 11.4 Å².